The van der Waals surface area contributed by atoms with Crippen molar-refractivity contribution in [3.8, 4) is 5.88 Å². The topological polar surface area (TPSA) is 60.2 Å². The predicted molar refractivity (Wildman–Crippen MR) is 106 cm³/mol. The Morgan fingerprint density at radius 2 is 2.07 bits per heavy atom. The summed E-state index contributed by atoms with van der Waals surface area (Å²) in [6.07, 6.45) is 4.45. The van der Waals surface area contributed by atoms with E-state index in [0.29, 0.717) is 31.3 Å². The first kappa shape index (κ1) is 17.2. The van der Waals surface area contributed by atoms with Gasteiger partial charge in [-0.2, -0.15) is 5.10 Å². The number of fused-ring (bicyclic) bond motifs is 2. The average molecular weight is 376 g/mol. The number of benzene rings is 1. The normalized spacial score (nSPS) is 16.3. The molecule has 6 heteroatoms. The van der Waals surface area contributed by atoms with Crippen LogP contribution < -0.4 is 4.74 Å². The van der Waals surface area contributed by atoms with E-state index in [4.69, 9.17) is 4.74 Å². The van der Waals surface area contributed by atoms with Crippen LogP contribution in [0.1, 0.15) is 47.4 Å². The minimum atomic E-state index is -0.00375. The summed E-state index contributed by atoms with van der Waals surface area (Å²) in [4.78, 5) is 20.1. The van der Waals surface area contributed by atoms with E-state index in [1.807, 2.05) is 30.0 Å². The van der Waals surface area contributed by atoms with Crippen LogP contribution in [0.5, 0.6) is 5.88 Å². The molecule has 0 N–H and O–H groups in total. The van der Waals surface area contributed by atoms with Crippen molar-refractivity contribution in [2.75, 3.05) is 6.61 Å². The van der Waals surface area contributed by atoms with Gasteiger partial charge in [0.05, 0.1) is 12.1 Å². The van der Waals surface area contributed by atoms with E-state index in [-0.39, 0.29) is 11.9 Å². The molecule has 1 aliphatic heterocycles. The molecule has 1 aromatic carbocycles. The highest BCUT2D eigenvalue weighted by molar-refractivity contribution is 5.93. The maximum Gasteiger partial charge on any atom is 0.275 e. The molecular weight excluding hydrogens is 352 g/mol. The zero-order valence-corrected chi connectivity index (χ0v) is 16.1. The molecule has 0 atom stereocenters. The average Bonchev–Trinajstić information content (AvgIpc) is 3.42. The fourth-order valence-electron chi connectivity index (χ4n) is 4.46. The fourth-order valence-corrected chi connectivity index (χ4v) is 4.46. The smallest absolute Gasteiger partial charge is 0.275 e. The lowest BCUT2D eigenvalue weighted by Gasteiger charge is -2.29. The van der Waals surface area contributed by atoms with Crippen LogP contribution in [0.4, 0.5) is 0 Å². The summed E-state index contributed by atoms with van der Waals surface area (Å²) >= 11 is 0. The van der Waals surface area contributed by atoms with Gasteiger partial charge >= 0.3 is 0 Å². The van der Waals surface area contributed by atoms with Crippen LogP contribution in [-0.4, -0.2) is 38.2 Å². The first-order chi connectivity index (χ1) is 13.7. The quantitative estimate of drug-likeness (QED) is 0.696. The Morgan fingerprint density at radius 1 is 1.25 bits per heavy atom. The summed E-state index contributed by atoms with van der Waals surface area (Å²) in [6, 6.07) is 12.3. The zero-order chi connectivity index (χ0) is 19.1. The fraction of sp³-hybridized carbons (Fsp3) is 0.409. The van der Waals surface area contributed by atoms with E-state index in [1.54, 1.807) is 10.7 Å². The molecule has 0 spiro atoms. The molecule has 144 valence electrons. The number of carbonyl (C=O) groups is 1. The van der Waals surface area contributed by atoms with Crippen LogP contribution in [0, 0.1) is 6.92 Å². The molecule has 0 saturated heterocycles. The van der Waals surface area contributed by atoms with E-state index in [1.165, 1.54) is 12.8 Å². The SMILES string of the molecule is Cc1cc(CN(C(=O)c2cc3n(n2)CCO3)C2CCCC2)c2ccccc2n1. The minimum Gasteiger partial charge on any atom is -0.476 e. The first-order valence-electron chi connectivity index (χ1n) is 10.1. The van der Waals surface area contributed by atoms with Gasteiger partial charge in [0.2, 0.25) is 5.88 Å². The second kappa shape index (κ2) is 6.93. The van der Waals surface area contributed by atoms with Crippen LogP contribution in [0.25, 0.3) is 10.9 Å². The maximum absolute atomic E-state index is 13.4. The number of pyridine rings is 1. The molecule has 0 radical (unpaired) electrons. The number of aromatic nitrogens is 3. The molecule has 3 heterocycles. The molecule has 1 aliphatic carbocycles. The Labute approximate surface area is 164 Å². The lowest BCUT2D eigenvalue weighted by atomic mass is 10.1. The molecule has 1 amide bonds. The molecule has 5 rings (SSSR count). The molecule has 0 unspecified atom stereocenters. The van der Waals surface area contributed by atoms with Crippen molar-refractivity contribution in [3.63, 3.8) is 0 Å². The largest absolute Gasteiger partial charge is 0.476 e. The second-order valence-electron chi connectivity index (χ2n) is 7.75. The standard InChI is InChI=1S/C22H24N4O2/c1-15-12-16(18-8-4-5-9-19(18)23-15)14-25(17-6-2-3-7-17)22(27)20-13-21-26(24-20)10-11-28-21/h4-5,8-9,12-13,17H,2-3,6-7,10-11,14H2,1H3. The van der Waals surface area contributed by atoms with Gasteiger partial charge < -0.3 is 9.64 Å². The molecule has 1 fully saturated rings. The number of carbonyl (C=O) groups excluding carboxylic acids is 1. The number of aryl methyl sites for hydroxylation is 1. The summed E-state index contributed by atoms with van der Waals surface area (Å²) in [5.74, 6) is 0.691. The van der Waals surface area contributed by atoms with Crippen LogP contribution >= 0.6 is 0 Å². The monoisotopic (exact) mass is 376 g/mol. The van der Waals surface area contributed by atoms with Gasteiger partial charge in [-0.15, -0.1) is 0 Å². The maximum atomic E-state index is 13.4. The number of hydrogen-bond donors (Lipinski definition) is 0. The van der Waals surface area contributed by atoms with E-state index in [0.717, 1.165) is 35.0 Å². The van der Waals surface area contributed by atoms with Crippen LogP contribution in [0.2, 0.25) is 0 Å². The first-order valence-corrected chi connectivity index (χ1v) is 10.1. The van der Waals surface area contributed by atoms with Crippen molar-refractivity contribution in [3.05, 3.63) is 53.3 Å². The molecular formula is C22H24N4O2. The van der Waals surface area contributed by atoms with Gasteiger partial charge in [0.15, 0.2) is 5.69 Å². The lowest BCUT2D eigenvalue weighted by molar-refractivity contribution is 0.0658. The van der Waals surface area contributed by atoms with Crippen LogP contribution in [-0.2, 0) is 13.1 Å². The number of hydrogen-bond acceptors (Lipinski definition) is 4. The third kappa shape index (κ3) is 3.03. The summed E-state index contributed by atoms with van der Waals surface area (Å²) in [5, 5.41) is 5.60. The summed E-state index contributed by atoms with van der Waals surface area (Å²) < 4.78 is 7.33. The van der Waals surface area contributed by atoms with Gasteiger partial charge in [-0.1, -0.05) is 31.0 Å². The highest BCUT2D eigenvalue weighted by Gasteiger charge is 2.30. The van der Waals surface area contributed by atoms with Gasteiger partial charge in [-0.05, 0) is 37.5 Å². The van der Waals surface area contributed by atoms with Gasteiger partial charge in [0.25, 0.3) is 5.91 Å². The highest BCUT2D eigenvalue weighted by atomic mass is 16.5. The summed E-state index contributed by atoms with van der Waals surface area (Å²) in [5.41, 5.74) is 3.58. The van der Waals surface area contributed by atoms with Gasteiger partial charge in [-0.25, -0.2) is 4.68 Å². The van der Waals surface area contributed by atoms with E-state index in [2.05, 4.69) is 22.2 Å². The summed E-state index contributed by atoms with van der Waals surface area (Å²) in [6.45, 7) is 3.93. The van der Waals surface area contributed by atoms with Gasteiger partial charge in [0, 0.05) is 29.7 Å². The van der Waals surface area contributed by atoms with Crippen molar-refractivity contribution in [2.24, 2.45) is 0 Å². The van der Waals surface area contributed by atoms with E-state index < -0.39 is 0 Å². The Bertz CT molecular complexity index is 1010. The Morgan fingerprint density at radius 3 is 2.89 bits per heavy atom. The number of ether oxygens (including phenoxy) is 1. The predicted octanol–water partition coefficient (Wildman–Crippen LogP) is 3.72. The molecule has 0 bridgehead atoms. The van der Waals surface area contributed by atoms with Gasteiger partial charge in [0.1, 0.15) is 6.61 Å². The van der Waals surface area contributed by atoms with Crippen LogP contribution in [0.15, 0.2) is 36.4 Å². The summed E-state index contributed by atoms with van der Waals surface area (Å²) in [7, 11) is 0. The van der Waals surface area contributed by atoms with Crippen molar-refractivity contribution < 1.29 is 9.53 Å². The third-order valence-electron chi connectivity index (χ3n) is 5.81. The van der Waals surface area contributed by atoms with E-state index >= 15 is 0 Å². The molecule has 1 saturated carbocycles. The molecule has 3 aromatic rings. The lowest BCUT2D eigenvalue weighted by Crippen LogP contribution is -2.38. The van der Waals surface area contributed by atoms with Crippen molar-refractivity contribution in [2.45, 2.75) is 51.7 Å². The molecule has 2 aromatic heterocycles. The van der Waals surface area contributed by atoms with Crippen molar-refractivity contribution in [1.29, 1.82) is 0 Å². The molecule has 2 aliphatic rings. The number of nitrogens with zero attached hydrogens (tertiary/aromatic N) is 4. The number of rotatable bonds is 4. The molecule has 28 heavy (non-hydrogen) atoms. The zero-order valence-electron chi connectivity index (χ0n) is 16.1. The third-order valence-corrected chi connectivity index (χ3v) is 5.81. The van der Waals surface area contributed by atoms with Crippen molar-refractivity contribution in [1.82, 2.24) is 19.7 Å². The highest BCUT2D eigenvalue weighted by Crippen LogP contribution is 2.29. The van der Waals surface area contributed by atoms with Gasteiger partial charge in [-0.3, -0.25) is 9.78 Å². The van der Waals surface area contributed by atoms with Crippen LogP contribution in [0.3, 0.4) is 0 Å². The Kier molecular flexibility index (Phi) is 4.26. The Balaban J connectivity index is 1.51. The van der Waals surface area contributed by atoms with Crippen molar-refractivity contribution >= 4 is 16.8 Å². The second-order valence-corrected chi connectivity index (χ2v) is 7.75. The minimum absolute atomic E-state index is 0.00375. The molecule has 6 nitrogen and oxygen atoms in total. The number of amides is 1. The number of para-hydroxylation sites is 1. The van der Waals surface area contributed by atoms with E-state index in [9.17, 15) is 4.79 Å². The Hall–Kier alpha value is -2.89.